The SMILES string of the molecule is CCCCC1C2Cc3c(C(=O)OCC)n[nH]c3C12. The second-order valence-corrected chi connectivity index (χ2v) is 5.38. The van der Waals surface area contributed by atoms with Crippen molar-refractivity contribution >= 4 is 5.97 Å². The Balaban J connectivity index is 1.72. The first-order valence-electron chi connectivity index (χ1n) is 7.02. The number of carbonyl (C=O) groups is 1. The van der Waals surface area contributed by atoms with Gasteiger partial charge in [0.15, 0.2) is 5.69 Å². The summed E-state index contributed by atoms with van der Waals surface area (Å²) in [5, 5.41) is 7.22. The number of nitrogens with one attached hydrogen (secondary N) is 1. The van der Waals surface area contributed by atoms with Crippen LogP contribution < -0.4 is 0 Å². The van der Waals surface area contributed by atoms with E-state index in [1.807, 2.05) is 6.92 Å². The minimum absolute atomic E-state index is 0.276. The van der Waals surface area contributed by atoms with Crippen LogP contribution in [0, 0.1) is 11.8 Å². The molecule has 0 aromatic carbocycles. The van der Waals surface area contributed by atoms with Crippen LogP contribution in [0.3, 0.4) is 0 Å². The van der Waals surface area contributed by atoms with Crippen molar-refractivity contribution in [3.63, 3.8) is 0 Å². The summed E-state index contributed by atoms with van der Waals surface area (Å²) in [6.45, 7) is 4.47. The number of unbranched alkanes of at least 4 members (excludes halogenated alkanes) is 1. The second-order valence-electron chi connectivity index (χ2n) is 5.38. The third-order valence-electron chi connectivity index (χ3n) is 4.36. The molecule has 4 nitrogen and oxygen atoms in total. The molecule has 0 radical (unpaired) electrons. The molecule has 1 aromatic rings. The van der Waals surface area contributed by atoms with Gasteiger partial charge in [-0.1, -0.05) is 19.8 Å². The van der Waals surface area contributed by atoms with Crippen molar-refractivity contribution in [2.45, 2.75) is 45.4 Å². The fourth-order valence-corrected chi connectivity index (χ4v) is 3.45. The number of aromatic nitrogens is 2. The van der Waals surface area contributed by atoms with E-state index in [4.69, 9.17) is 4.74 Å². The molecule has 3 rings (SSSR count). The number of nitrogens with zero attached hydrogens (tertiary/aromatic N) is 1. The summed E-state index contributed by atoms with van der Waals surface area (Å²) in [5.74, 6) is 1.95. The van der Waals surface area contributed by atoms with Crippen molar-refractivity contribution in [2.24, 2.45) is 11.8 Å². The summed E-state index contributed by atoms with van der Waals surface area (Å²) >= 11 is 0. The molecule has 1 fully saturated rings. The van der Waals surface area contributed by atoms with Crippen LogP contribution in [0.2, 0.25) is 0 Å². The van der Waals surface area contributed by atoms with Gasteiger partial charge >= 0.3 is 5.97 Å². The maximum atomic E-state index is 11.7. The fourth-order valence-electron chi connectivity index (χ4n) is 3.45. The van der Waals surface area contributed by atoms with Gasteiger partial charge in [-0.3, -0.25) is 5.10 Å². The largest absolute Gasteiger partial charge is 0.461 e. The number of ether oxygens (including phenoxy) is 1. The van der Waals surface area contributed by atoms with Gasteiger partial charge in [0, 0.05) is 17.2 Å². The van der Waals surface area contributed by atoms with E-state index in [0.29, 0.717) is 18.2 Å². The number of carbonyl (C=O) groups excluding carboxylic acids is 1. The van der Waals surface area contributed by atoms with Gasteiger partial charge in [-0.05, 0) is 31.6 Å². The zero-order valence-electron chi connectivity index (χ0n) is 11.0. The van der Waals surface area contributed by atoms with Gasteiger partial charge in [0.2, 0.25) is 0 Å². The van der Waals surface area contributed by atoms with Crippen molar-refractivity contribution in [3.05, 3.63) is 17.0 Å². The highest BCUT2D eigenvalue weighted by Gasteiger charge is 2.57. The van der Waals surface area contributed by atoms with Gasteiger partial charge in [0.1, 0.15) is 0 Å². The summed E-state index contributed by atoms with van der Waals surface area (Å²) in [5.41, 5.74) is 2.86. The molecular weight excluding hydrogens is 228 g/mol. The predicted molar refractivity (Wildman–Crippen MR) is 67.5 cm³/mol. The van der Waals surface area contributed by atoms with Gasteiger partial charge in [-0.25, -0.2) is 4.79 Å². The monoisotopic (exact) mass is 248 g/mol. The molecule has 2 aliphatic carbocycles. The van der Waals surface area contributed by atoms with Gasteiger partial charge in [-0.15, -0.1) is 0 Å². The summed E-state index contributed by atoms with van der Waals surface area (Å²) < 4.78 is 5.03. The molecule has 0 saturated heterocycles. The Hall–Kier alpha value is -1.32. The molecule has 1 heterocycles. The van der Waals surface area contributed by atoms with E-state index in [1.54, 1.807) is 0 Å². The Morgan fingerprint density at radius 1 is 1.50 bits per heavy atom. The van der Waals surface area contributed by atoms with Crippen molar-refractivity contribution < 1.29 is 9.53 Å². The van der Waals surface area contributed by atoms with E-state index in [1.165, 1.54) is 25.0 Å². The standard InChI is InChI=1S/C14H20N2O2/c1-3-5-6-8-9-7-10-12(11(8)9)15-16-13(10)14(17)18-4-2/h8-9,11H,3-7H2,1-2H3,(H,15,16). The molecule has 3 unspecified atom stereocenters. The van der Waals surface area contributed by atoms with E-state index >= 15 is 0 Å². The van der Waals surface area contributed by atoms with Gasteiger partial charge in [0.05, 0.1) is 6.61 Å². The molecule has 0 amide bonds. The lowest BCUT2D eigenvalue weighted by atomic mass is 10.0. The number of fused-ring (bicyclic) bond motifs is 3. The fraction of sp³-hybridized carbons (Fsp3) is 0.714. The van der Waals surface area contributed by atoms with E-state index in [-0.39, 0.29) is 5.97 Å². The van der Waals surface area contributed by atoms with E-state index in [0.717, 1.165) is 23.8 Å². The third kappa shape index (κ3) is 1.66. The molecule has 3 atom stereocenters. The first kappa shape index (κ1) is 11.8. The van der Waals surface area contributed by atoms with Crippen LogP contribution in [0.5, 0.6) is 0 Å². The normalized spacial score (nSPS) is 27.8. The van der Waals surface area contributed by atoms with E-state index in [9.17, 15) is 4.79 Å². The second kappa shape index (κ2) is 4.41. The van der Waals surface area contributed by atoms with Gasteiger partial charge in [0.25, 0.3) is 0 Å². The lowest BCUT2D eigenvalue weighted by molar-refractivity contribution is 0.0518. The molecule has 2 aliphatic rings. The number of aromatic amines is 1. The first-order valence-corrected chi connectivity index (χ1v) is 7.02. The number of esters is 1. The minimum atomic E-state index is -0.276. The lowest BCUT2D eigenvalue weighted by Gasteiger charge is -2.04. The zero-order chi connectivity index (χ0) is 12.7. The smallest absolute Gasteiger partial charge is 0.359 e. The minimum Gasteiger partial charge on any atom is -0.461 e. The van der Waals surface area contributed by atoms with Crippen LogP contribution in [0.1, 0.15) is 60.8 Å². The van der Waals surface area contributed by atoms with Crippen LogP contribution in [0.4, 0.5) is 0 Å². The molecule has 0 aliphatic heterocycles. The van der Waals surface area contributed by atoms with Crippen LogP contribution in [0.15, 0.2) is 0 Å². The Morgan fingerprint density at radius 3 is 3.06 bits per heavy atom. The lowest BCUT2D eigenvalue weighted by Crippen LogP contribution is -2.08. The summed E-state index contributed by atoms with van der Waals surface area (Å²) in [7, 11) is 0. The number of hydrogen-bond acceptors (Lipinski definition) is 3. The molecule has 18 heavy (non-hydrogen) atoms. The van der Waals surface area contributed by atoms with Crippen LogP contribution in [0.25, 0.3) is 0 Å². The Labute approximate surface area is 107 Å². The van der Waals surface area contributed by atoms with Crippen molar-refractivity contribution in [1.29, 1.82) is 0 Å². The summed E-state index contributed by atoms with van der Waals surface area (Å²) in [6, 6.07) is 0. The van der Waals surface area contributed by atoms with Crippen molar-refractivity contribution in [2.75, 3.05) is 6.61 Å². The Bertz CT molecular complexity index is 466. The molecular formula is C14H20N2O2. The van der Waals surface area contributed by atoms with Gasteiger partial charge in [-0.2, -0.15) is 5.10 Å². The average Bonchev–Trinajstić information content (AvgIpc) is 2.73. The Morgan fingerprint density at radius 2 is 2.33 bits per heavy atom. The third-order valence-corrected chi connectivity index (χ3v) is 4.36. The van der Waals surface area contributed by atoms with Gasteiger partial charge < -0.3 is 4.74 Å². The molecule has 98 valence electrons. The summed E-state index contributed by atoms with van der Waals surface area (Å²) in [6.07, 6.45) is 4.91. The highest BCUT2D eigenvalue weighted by atomic mass is 16.5. The highest BCUT2D eigenvalue weighted by molar-refractivity contribution is 5.89. The topological polar surface area (TPSA) is 55.0 Å². The molecule has 1 N–H and O–H groups in total. The molecule has 0 spiro atoms. The zero-order valence-corrected chi connectivity index (χ0v) is 11.0. The van der Waals surface area contributed by atoms with E-state index < -0.39 is 0 Å². The molecule has 0 bridgehead atoms. The van der Waals surface area contributed by atoms with Crippen LogP contribution in [-0.4, -0.2) is 22.8 Å². The highest BCUT2D eigenvalue weighted by Crippen LogP contribution is 2.63. The van der Waals surface area contributed by atoms with Crippen molar-refractivity contribution in [1.82, 2.24) is 10.2 Å². The average molecular weight is 248 g/mol. The van der Waals surface area contributed by atoms with E-state index in [2.05, 4.69) is 17.1 Å². The quantitative estimate of drug-likeness (QED) is 0.815. The first-order chi connectivity index (χ1) is 8.77. The van der Waals surface area contributed by atoms with Crippen LogP contribution >= 0.6 is 0 Å². The van der Waals surface area contributed by atoms with Crippen molar-refractivity contribution in [3.8, 4) is 0 Å². The maximum absolute atomic E-state index is 11.7. The molecule has 4 heteroatoms. The number of hydrogen-bond donors (Lipinski definition) is 1. The molecule has 1 aromatic heterocycles. The number of H-pyrrole nitrogens is 1. The van der Waals surface area contributed by atoms with Crippen LogP contribution in [-0.2, 0) is 11.2 Å². The molecule has 1 saturated carbocycles. The Kier molecular flexibility index (Phi) is 2.88. The summed E-state index contributed by atoms with van der Waals surface area (Å²) in [4.78, 5) is 11.7. The number of rotatable bonds is 5. The maximum Gasteiger partial charge on any atom is 0.359 e. The predicted octanol–water partition coefficient (Wildman–Crippen LogP) is 2.66.